The van der Waals surface area contributed by atoms with Crippen molar-refractivity contribution < 1.29 is 15.0 Å². The molecule has 1 aliphatic rings. The largest absolute Gasteiger partial charge is 0.481 e. The number of aliphatic carboxylic acids is 1. The lowest BCUT2D eigenvalue weighted by atomic mass is 10.0. The Morgan fingerprint density at radius 1 is 1.16 bits per heavy atom. The van der Waals surface area contributed by atoms with E-state index in [1.807, 2.05) is 70.2 Å². The minimum Gasteiger partial charge on any atom is -0.481 e. The highest BCUT2D eigenvalue weighted by Crippen LogP contribution is 2.36. The van der Waals surface area contributed by atoms with Gasteiger partial charge >= 0.3 is 5.97 Å². The summed E-state index contributed by atoms with van der Waals surface area (Å²) in [7, 11) is 0. The highest BCUT2D eigenvalue weighted by molar-refractivity contribution is 6.30. The number of aliphatic hydroxyl groups is 1. The van der Waals surface area contributed by atoms with Crippen LogP contribution in [-0.4, -0.2) is 34.9 Å². The quantitative estimate of drug-likeness (QED) is 0.410. The van der Waals surface area contributed by atoms with Gasteiger partial charge in [-0.3, -0.25) is 4.79 Å². The second-order valence-corrected chi connectivity index (χ2v) is 8.95. The number of benzene rings is 2. The highest BCUT2D eigenvalue weighted by atomic mass is 35.5. The number of halogens is 1. The van der Waals surface area contributed by atoms with Crippen LogP contribution in [0.1, 0.15) is 52.5 Å². The summed E-state index contributed by atoms with van der Waals surface area (Å²) in [5, 5.41) is 23.6. The zero-order chi connectivity index (χ0) is 23.0. The van der Waals surface area contributed by atoms with Gasteiger partial charge in [0.1, 0.15) is 0 Å². The van der Waals surface area contributed by atoms with E-state index in [0.717, 1.165) is 29.2 Å². The Balaban J connectivity index is 0.00000166. The van der Waals surface area contributed by atoms with Gasteiger partial charge < -0.3 is 20.4 Å². The van der Waals surface area contributed by atoms with Gasteiger partial charge in [0.25, 0.3) is 0 Å². The maximum absolute atomic E-state index is 11.0. The molecular formula is C25H35ClN2O3. The molecule has 0 bridgehead atoms. The molecule has 1 fully saturated rings. The van der Waals surface area contributed by atoms with Crippen LogP contribution in [0.5, 0.6) is 0 Å². The Morgan fingerprint density at radius 2 is 1.81 bits per heavy atom. The van der Waals surface area contributed by atoms with Gasteiger partial charge in [-0.15, -0.1) is 0 Å². The number of aryl methyl sites for hydroxylation is 1. The monoisotopic (exact) mass is 446 g/mol. The van der Waals surface area contributed by atoms with Gasteiger partial charge in [0, 0.05) is 30.2 Å². The standard InChI is InChI=1S/C23H29ClN2O3.C2H6/c1-23(2,29)15-26(14-17-3-4-17)21-11-5-16(6-12-22(27)28)13-20(21)25-19-9-7-18(24)8-10-19;1-2/h5,7-11,13,17,25,29H,3-4,6,12,14-15H2,1-2H3,(H,27,28);1-2H3. The van der Waals surface area contributed by atoms with Crippen molar-refractivity contribution in [2.24, 2.45) is 5.92 Å². The van der Waals surface area contributed by atoms with E-state index >= 15 is 0 Å². The third-order valence-corrected chi connectivity index (χ3v) is 5.16. The molecule has 5 nitrogen and oxygen atoms in total. The van der Waals surface area contributed by atoms with E-state index in [1.165, 1.54) is 12.8 Å². The first-order valence-corrected chi connectivity index (χ1v) is 11.4. The summed E-state index contributed by atoms with van der Waals surface area (Å²) in [5.74, 6) is -0.147. The van der Waals surface area contributed by atoms with Gasteiger partial charge in [-0.05, 0) is 81.0 Å². The summed E-state index contributed by atoms with van der Waals surface area (Å²) in [6.07, 6.45) is 3.01. The summed E-state index contributed by atoms with van der Waals surface area (Å²) in [5.41, 5.74) is 2.95. The SMILES string of the molecule is CC.CC(C)(O)CN(CC1CC1)c1ccc(CCC(=O)O)cc1Nc1ccc(Cl)cc1. The predicted molar refractivity (Wildman–Crippen MR) is 130 cm³/mol. The van der Waals surface area contributed by atoms with Crippen LogP contribution in [0.4, 0.5) is 17.1 Å². The normalized spacial score (nSPS) is 13.2. The third kappa shape index (κ3) is 8.80. The Kier molecular flexibility index (Phi) is 9.20. The molecule has 3 rings (SSSR count). The molecule has 0 heterocycles. The highest BCUT2D eigenvalue weighted by Gasteiger charge is 2.28. The van der Waals surface area contributed by atoms with Crippen LogP contribution in [0.3, 0.4) is 0 Å². The van der Waals surface area contributed by atoms with E-state index in [1.54, 1.807) is 0 Å². The lowest BCUT2D eigenvalue weighted by Gasteiger charge is -2.33. The molecule has 0 spiro atoms. The Hall–Kier alpha value is -2.24. The molecule has 6 heteroatoms. The fourth-order valence-electron chi connectivity index (χ4n) is 3.38. The molecule has 0 unspecified atom stereocenters. The van der Waals surface area contributed by atoms with Crippen molar-refractivity contribution in [3.63, 3.8) is 0 Å². The van der Waals surface area contributed by atoms with Gasteiger partial charge in [-0.2, -0.15) is 0 Å². The van der Waals surface area contributed by atoms with Crippen LogP contribution in [0, 0.1) is 5.92 Å². The molecule has 0 saturated heterocycles. The van der Waals surface area contributed by atoms with Gasteiger partial charge in [0.15, 0.2) is 0 Å². The van der Waals surface area contributed by atoms with Crippen molar-refractivity contribution in [1.82, 2.24) is 0 Å². The number of hydrogen-bond donors (Lipinski definition) is 3. The van der Waals surface area contributed by atoms with Crippen molar-refractivity contribution in [3.8, 4) is 0 Å². The second kappa shape index (κ2) is 11.4. The summed E-state index contributed by atoms with van der Waals surface area (Å²) in [4.78, 5) is 13.2. The molecule has 0 radical (unpaired) electrons. The molecule has 1 aliphatic carbocycles. The molecular weight excluding hydrogens is 412 g/mol. The molecule has 31 heavy (non-hydrogen) atoms. The van der Waals surface area contributed by atoms with E-state index in [0.29, 0.717) is 23.9 Å². The predicted octanol–water partition coefficient (Wildman–Crippen LogP) is 6.11. The van der Waals surface area contributed by atoms with Crippen LogP contribution in [0.25, 0.3) is 0 Å². The van der Waals surface area contributed by atoms with Crippen LogP contribution in [0.2, 0.25) is 5.02 Å². The lowest BCUT2D eigenvalue weighted by Crippen LogP contribution is -2.40. The number of anilines is 3. The molecule has 2 aromatic rings. The van der Waals surface area contributed by atoms with E-state index in [4.69, 9.17) is 16.7 Å². The number of carboxylic acids is 1. The van der Waals surface area contributed by atoms with Crippen LogP contribution < -0.4 is 10.2 Å². The maximum atomic E-state index is 11.0. The van der Waals surface area contributed by atoms with Gasteiger partial charge in [-0.25, -0.2) is 0 Å². The smallest absolute Gasteiger partial charge is 0.303 e. The number of hydrogen-bond acceptors (Lipinski definition) is 4. The van der Waals surface area contributed by atoms with Crippen LogP contribution in [-0.2, 0) is 11.2 Å². The van der Waals surface area contributed by atoms with Gasteiger partial charge in [0.05, 0.1) is 17.0 Å². The van der Waals surface area contributed by atoms with Gasteiger partial charge in [0.2, 0.25) is 0 Å². The summed E-state index contributed by atoms with van der Waals surface area (Å²) in [6.45, 7) is 9.06. The first kappa shape index (κ1) is 25.0. The molecule has 170 valence electrons. The van der Waals surface area contributed by atoms with Crippen molar-refractivity contribution >= 4 is 34.6 Å². The lowest BCUT2D eigenvalue weighted by molar-refractivity contribution is -0.136. The minimum absolute atomic E-state index is 0.0925. The molecule has 0 amide bonds. The first-order chi connectivity index (χ1) is 14.7. The van der Waals surface area contributed by atoms with E-state index in [2.05, 4.69) is 10.2 Å². The summed E-state index contributed by atoms with van der Waals surface area (Å²) >= 11 is 6.01. The average Bonchev–Trinajstić information content (AvgIpc) is 3.52. The third-order valence-electron chi connectivity index (χ3n) is 4.91. The average molecular weight is 447 g/mol. The molecule has 0 atom stereocenters. The van der Waals surface area contributed by atoms with Crippen molar-refractivity contribution in [2.45, 2.75) is 59.0 Å². The number of nitrogens with zero attached hydrogens (tertiary/aromatic N) is 1. The van der Waals surface area contributed by atoms with E-state index in [-0.39, 0.29) is 6.42 Å². The fourth-order valence-corrected chi connectivity index (χ4v) is 3.51. The zero-order valence-electron chi connectivity index (χ0n) is 19.0. The topological polar surface area (TPSA) is 72.8 Å². The number of carboxylic acid groups (broad SMARTS) is 1. The van der Waals surface area contributed by atoms with Crippen molar-refractivity contribution in [1.29, 1.82) is 0 Å². The molecule has 2 aromatic carbocycles. The molecule has 0 aromatic heterocycles. The number of rotatable bonds is 10. The summed E-state index contributed by atoms with van der Waals surface area (Å²) in [6, 6.07) is 13.5. The second-order valence-electron chi connectivity index (χ2n) is 8.51. The van der Waals surface area contributed by atoms with Crippen molar-refractivity contribution in [2.75, 3.05) is 23.3 Å². The van der Waals surface area contributed by atoms with Gasteiger partial charge in [-0.1, -0.05) is 31.5 Å². The first-order valence-electron chi connectivity index (χ1n) is 11.0. The fraction of sp³-hybridized carbons (Fsp3) is 0.480. The maximum Gasteiger partial charge on any atom is 0.303 e. The zero-order valence-corrected chi connectivity index (χ0v) is 19.7. The molecule has 3 N–H and O–H groups in total. The number of nitrogens with one attached hydrogen (secondary N) is 1. The van der Waals surface area contributed by atoms with E-state index in [9.17, 15) is 9.90 Å². The molecule has 1 saturated carbocycles. The molecule has 0 aliphatic heterocycles. The Morgan fingerprint density at radius 3 is 2.35 bits per heavy atom. The van der Waals surface area contributed by atoms with E-state index < -0.39 is 11.6 Å². The summed E-state index contributed by atoms with van der Waals surface area (Å²) < 4.78 is 0. The van der Waals surface area contributed by atoms with Crippen LogP contribution >= 0.6 is 11.6 Å². The van der Waals surface area contributed by atoms with Crippen LogP contribution in [0.15, 0.2) is 42.5 Å². The van der Waals surface area contributed by atoms with Crippen molar-refractivity contribution in [3.05, 3.63) is 53.1 Å². The Bertz CT molecular complexity index is 843. The Labute approximate surface area is 191 Å². The number of carbonyl (C=O) groups is 1. The minimum atomic E-state index is -0.825.